The zero-order valence-corrected chi connectivity index (χ0v) is 21.0. The van der Waals surface area contributed by atoms with Gasteiger partial charge in [-0.05, 0) is 57.2 Å². The highest BCUT2D eigenvalue weighted by Crippen LogP contribution is 2.25. The fourth-order valence-electron chi connectivity index (χ4n) is 4.08. The maximum absolute atomic E-state index is 13.4. The Morgan fingerprint density at radius 1 is 0.889 bits per heavy atom. The van der Waals surface area contributed by atoms with Gasteiger partial charge in [-0.1, -0.05) is 59.8 Å². The lowest BCUT2D eigenvalue weighted by Crippen LogP contribution is -2.23. The van der Waals surface area contributed by atoms with Gasteiger partial charge in [0.25, 0.3) is 5.56 Å². The van der Waals surface area contributed by atoms with Crippen LogP contribution in [0.15, 0.2) is 88.8 Å². The molecule has 3 aromatic carbocycles. The highest BCUT2D eigenvalue weighted by atomic mass is 32.2. The monoisotopic (exact) mass is 495 g/mol. The quantitative estimate of drug-likeness (QED) is 0.258. The number of hydrogen-bond acceptors (Lipinski definition) is 5. The van der Waals surface area contributed by atoms with E-state index in [9.17, 15) is 9.59 Å². The molecule has 180 valence electrons. The number of amides is 1. The van der Waals surface area contributed by atoms with E-state index in [0.29, 0.717) is 27.4 Å². The number of thioether (sulfide) groups is 1. The molecule has 0 atom stereocenters. The van der Waals surface area contributed by atoms with Crippen LogP contribution in [-0.2, 0) is 4.79 Å². The molecular weight excluding hydrogens is 470 g/mol. The summed E-state index contributed by atoms with van der Waals surface area (Å²) in [7, 11) is 0. The van der Waals surface area contributed by atoms with Gasteiger partial charge in [-0.2, -0.15) is 5.10 Å². The van der Waals surface area contributed by atoms with Crippen LogP contribution in [0.3, 0.4) is 0 Å². The highest BCUT2D eigenvalue weighted by molar-refractivity contribution is 7.99. The molecule has 0 spiro atoms. The third kappa shape index (κ3) is 4.55. The topological polar surface area (TPSA) is 81.8 Å². The molecule has 0 aliphatic rings. The SMILES string of the molecule is Cc1ccc(-n2c(SCC(=O)Nc3c(C)nn(-c4ccccc4)c3C)nc3ccccc3c2=O)cc1. The minimum absolute atomic E-state index is 0.0893. The molecule has 2 heterocycles. The van der Waals surface area contributed by atoms with Gasteiger partial charge in [-0.3, -0.25) is 14.2 Å². The van der Waals surface area contributed by atoms with E-state index >= 15 is 0 Å². The summed E-state index contributed by atoms with van der Waals surface area (Å²) >= 11 is 1.23. The van der Waals surface area contributed by atoms with Crippen molar-refractivity contribution in [2.45, 2.75) is 25.9 Å². The number of benzene rings is 3. The van der Waals surface area contributed by atoms with Gasteiger partial charge in [0.2, 0.25) is 5.91 Å². The Hall–Kier alpha value is -4.17. The molecule has 1 amide bonds. The number of nitrogens with zero attached hydrogens (tertiary/aromatic N) is 4. The van der Waals surface area contributed by atoms with Crippen molar-refractivity contribution in [1.82, 2.24) is 19.3 Å². The van der Waals surface area contributed by atoms with Gasteiger partial charge in [-0.25, -0.2) is 9.67 Å². The fraction of sp³-hybridized carbons (Fsp3) is 0.143. The Bertz CT molecular complexity index is 1620. The first-order chi connectivity index (χ1) is 17.4. The number of aromatic nitrogens is 4. The zero-order chi connectivity index (χ0) is 25.2. The number of carbonyl (C=O) groups excluding carboxylic acids is 1. The molecule has 0 unspecified atom stereocenters. The van der Waals surface area contributed by atoms with E-state index in [2.05, 4.69) is 10.4 Å². The molecule has 5 aromatic rings. The molecule has 1 N–H and O–H groups in total. The van der Waals surface area contributed by atoms with Crippen molar-refractivity contribution in [2.75, 3.05) is 11.1 Å². The second-order valence-corrected chi connectivity index (χ2v) is 9.46. The predicted molar refractivity (Wildman–Crippen MR) is 144 cm³/mol. The van der Waals surface area contributed by atoms with E-state index in [0.717, 1.165) is 22.6 Å². The normalized spacial score (nSPS) is 11.1. The molecule has 0 bridgehead atoms. The maximum Gasteiger partial charge on any atom is 0.266 e. The van der Waals surface area contributed by atoms with Crippen molar-refractivity contribution in [3.63, 3.8) is 0 Å². The standard InChI is InChI=1S/C28H25N5O2S/c1-18-13-15-21(16-14-18)32-27(35)23-11-7-8-12-24(23)29-28(32)36-17-25(34)30-26-19(2)31-33(20(26)3)22-9-5-4-6-10-22/h4-16H,17H2,1-3H3,(H,30,34). The Morgan fingerprint density at radius 2 is 1.58 bits per heavy atom. The summed E-state index contributed by atoms with van der Waals surface area (Å²) in [4.78, 5) is 31.1. The Labute approximate surface area is 212 Å². The van der Waals surface area contributed by atoms with Crippen molar-refractivity contribution in [3.05, 3.63) is 106 Å². The van der Waals surface area contributed by atoms with Gasteiger partial charge in [-0.15, -0.1) is 0 Å². The molecule has 0 radical (unpaired) electrons. The molecule has 7 nitrogen and oxygen atoms in total. The summed E-state index contributed by atoms with van der Waals surface area (Å²) in [6.07, 6.45) is 0. The largest absolute Gasteiger partial charge is 0.322 e. The Morgan fingerprint density at radius 3 is 2.33 bits per heavy atom. The molecule has 5 rings (SSSR count). The van der Waals surface area contributed by atoms with Gasteiger partial charge in [0.1, 0.15) is 0 Å². The Kier molecular flexibility index (Phi) is 6.43. The van der Waals surface area contributed by atoms with Crippen LogP contribution in [0.1, 0.15) is 17.0 Å². The first-order valence-electron chi connectivity index (χ1n) is 11.6. The minimum Gasteiger partial charge on any atom is -0.322 e. The van der Waals surface area contributed by atoms with Crippen LogP contribution in [0.5, 0.6) is 0 Å². The first-order valence-corrected chi connectivity index (χ1v) is 12.5. The maximum atomic E-state index is 13.4. The van der Waals surface area contributed by atoms with Crippen molar-refractivity contribution in [3.8, 4) is 11.4 Å². The van der Waals surface area contributed by atoms with Crippen LogP contribution in [0.2, 0.25) is 0 Å². The van der Waals surface area contributed by atoms with Gasteiger partial charge < -0.3 is 5.32 Å². The number of hydrogen-bond donors (Lipinski definition) is 1. The lowest BCUT2D eigenvalue weighted by atomic mass is 10.2. The van der Waals surface area contributed by atoms with E-state index < -0.39 is 0 Å². The lowest BCUT2D eigenvalue weighted by molar-refractivity contribution is -0.113. The fourth-order valence-corrected chi connectivity index (χ4v) is 4.89. The average Bonchev–Trinajstić information content (AvgIpc) is 3.17. The van der Waals surface area contributed by atoms with Crippen molar-refractivity contribution < 1.29 is 4.79 Å². The number of para-hydroxylation sites is 2. The third-order valence-electron chi connectivity index (χ3n) is 5.93. The highest BCUT2D eigenvalue weighted by Gasteiger charge is 2.18. The molecule has 0 aliphatic carbocycles. The molecule has 2 aromatic heterocycles. The molecule has 36 heavy (non-hydrogen) atoms. The van der Waals surface area contributed by atoms with Crippen LogP contribution in [0.25, 0.3) is 22.3 Å². The zero-order valence-electron chi connectivity index (χ0n) is 20.2. The van der Waals surface area contributed by atoms with Crippen LogP contribution < -0.4 is 10.9 Å². The number of carbonyl (C=O) groups is 1. The molecule has 0 aliphatic heterocycles. The van der Waals surface area contributed by atoms with Crippen LogP contribution in [0, 0.1) is 20.8 Å². The first kappa shape index (κ1) is 23.6. The Balaban J connectivity index is 1.43. The third-order valence-corrected chi connectivity index (χ3v) is 6.86. The van der Waals surface area contributed by atoms with E-state index in [1.54, 1.807) is 10.6 Å². The van der Waals surface area contributed by atoms with Crippen molar-refractivity contribution in [1.29, 1.82) is 0 Å². The lowest BCUT2D eigenvalue weighted by Gasteiger charge is -2.13. The van der Waals surface area contributed by atoms with Crippen molar-refractivity contribution >= 4 is 34.3 Å². The summed E-state index contributed by atoms with van der Waals surface area (Å²) < 4.78 is 3.39. The summed E-state index contributed by atoms with van der Waals surface area (Å²) in [5.74, 6) is -0.108. The van der Waals surface area contributed by atoms with Crippen molar-refractivity contribution in [2.24, 2.45) is 0 Å². The summed E-state index contributed by atoms with van der Waals surface area (Å²) in [5, 5.41) is 8.59. The van der Waals surface area contributed by atoms with E-state index in [1.165, 1.54) is 11.8 Å². The van der Waals surface area contributed by atoms with Crippen LogP contribution in [-0.4, -0.2) is 31.0 Å². The number of fused-ring (bicyclic) bond motifs is 1. The van der Waals surface area contributed by atoms with Gasteiger partial charge in [0, 0.05) is 0 Å². The molecule has 0 fully saturated rings. The predicted octanol–water partition coefficient (Wildman–Crippen LogP) is 5.23. The van der Waals surface area contributed by atoms with Crippen LogP contribution in [0.4, 0.5) is 5.69 Å². The minimum atomic E-state index is -0.198. The van der Waals surface area contributed by atoms with Gasteiger partial charge in [0.15, 0.2) is 5.16 Å². The molecular formula is C28H25N5O2S. The van der Waals surface area contributed by atoms with Gasteiger partial charge in [0.05, 0.1) is 45.1 Å². The van der Waals surface area contributed by atoms with E-state index in [4.69, 9.17) is 4.98 Å². The second kappa shape index (κ2) is 9.83. The number of rotatable bonds is 6. The summed E-state index contributed by atoms with van der Waals surface area (Å²) in [6, 6.07) is 24.7. The van der Waals surface area contributed by atoms with E-state index in [-0.39, 0.29) is 17.2 Å². The number of nitrogens with one attached hydrogen (secondary N) is 1. The molecule has 8 heteroatoms. The summed E-state index contributed by atoms with van der Waals surface area (Å²) in [5.41, 5.74) is 5.43. The van der Waals surface area contributed by atoms with Gasteiger partial charge >= 0.3 is 0 Å². The second-order valence-electron chi connectivity index (χ2n) is 8.52. The molecule has 0 saturated carbocycles. The smallest absolute Gasteiger partial charge is 0.266 e. The number of anilines is 1. The molecule has 0 saturated heterocycles. The van der Waals surface area contributed by atoms with Crippen LogP contribution >= 0.6 is 11.8 Å². The van der Waals surface area contributed by atoms with E-state index in [1.807, 2.05) is 98.2 Å². The number of aryl methyl sites for hydroxylation is 2. The summed E-state index contributed by atoms with van der Waals surface area (Å²) in [6.45, 7) is 5.79. The average molecular weight is 496 g/mol.